The maximum atomic E-state index is 12.2. The lowest BCUT2D eigenvalue weighted by Gasteiger charge is -2.32. The van der Waals surface area contributed by atoms with Crippen molar-refractivity contribution in [3.05, 3.63) is 0 Å². The second kappa shape index (κ2) is 10.1. The summed E-state index contributed by atoms with van der Waals surface area (Å²) >= 11 is 0. The van der Waals surface area contributed by atoms with Crippen LogP contribution in [0.5, 0.6) is 0 Å². The lowest BCUT2D eigenvalue weighted by atomic mass is 9.96. The van der Waals surface area contributed by atoms with Gasteiger partial charge in [-0.1, -0.05) is 6.92 Å². The minimum Gasteiger partial charge on any atom is -0.356 e. The second-order valence-electron chi connectivity index (χ2n) is 6.37. The molecule has 0 aromatic heterocycles. The zero-order valence-electron chi connectivity index (χ0n) is 13.6. The fourth-order valence-electron chi connectivity index (χ4n) is 3.29. The van der Waals surface area contributed by atoms with Gasteiger partial charge in [-0.15, -0.1) is 12.4 Å². The molecule has 2 rings (SSSR count). The van der Waals surface area contributed by atoms with Crippen LogP contribution in [0.1, 0.15) is 45.4 Å². The summed E-state index contributed by atoms with van der Waals surface area (Å²) in [5.74, 6) is 1.03. The molecule has 0 spiro atoms. The van der Waals surface area contributed by atoms with Crippen LogP contribution in [0.3, 0.4) is 0 Å². The van der Waals surface area contributed by atoms with Gasteiger partial charge in [0.2, 0.25) is 11.8 Å². The van der Waals surface area contributed by atoms with Gasteiger partial charge in [0.1, 0.15) is 0 Å². The van der Waals surface area contributed by atoms with Gasteiger partial charge in [0, 0.05) is 26.1 Å². The van der Waals surface area contributed by atoms with Gasteiger partial charge in [-0.3, -0.25) is 9.59 Å². The fraction of sp³-hybridized carbons (Fsp3) is 0.875. The average molecular weight is 332 g/mol. The summed E-state index contributed by atoms with van der Waals surface area (Å²) in [4.78, 5) is 26.0. The standard InChI is InChI=1S/C16H29N3O2.ClH/c1-2-4-15(20)19-10-3-5-14(12-19)16(21)18-9-7-13-6-8-17-11-13;/h13-14,17H,2-12H2,1H3,(H,18,21);1H. The highest BCUT2D eigenvalue weighted by atomic mass is 35.5. The smallest absolute Gasteiger partial charge is 0.224 e. The Hall–Kier alpha value is -0.810. The maximum Gasteiger partial charge on any atom is 0.224 e. The predicted octanol–water partition coefficient (Wildman–Crippen LogP) is 1.56. The molecule has 2 aliphatic rings. The summed E-state index contributed by atoms with van der Waals surface area (Å²) in [6.45, 7) is 6.40. The van der Waals surface area contributed by atoms with Crippen LogP contribution in [-0.2, 0) is 9.59 Å². The van der Waals surface area contributed by atoms with Gasteiger partial charge < -0.3 is 15.5 Å². The van der Waals surface area contributed by atoms with Crippen LogP contribution in [0, 0.1) is 11.8 Å². The fourth-order valence-corrected chi connectivity index (χ4v) is 3.29. The Balaban J connectivity index is 0.00000242. The Morgan fingerprint density at radius 1 is 1.32 bits per heavy atom. The van der Waals surface area contributed by atoms with Crippen LogP contribution in [0.25, 0.3) is 0 Å². The van der Waals surface area contributed by atoms with Crippen LogP contribution < -0.4 is 10.6 Å². The monoisotopic (exact) mass is 331 g/mol. The van der Waals surface area contributed by atoms with E-state index in [-0.39, 0.29) is 30.1 Å². The van der Waals surface area contributed by atoms with Crippen molar-refractivity contribution in [2.75, 3.05) is 32.7 Å². The van der Waals surface area contributed by atoms with E-state index < -0.39 is 0 Å². The van der Waals surface area contributed by atoms with Gasteiger partial charge in [0.15, 0.2) is 0 Å². The summed E-state index contributed by atoms with van der Waals surface area (Å²) in [6.07, 6.45) is 5.61. The molecule has 0 aliphatic carbocycles. The lowest BCUT2D eigenvalue weighted by Crippen LogP contribution is -2.45. The first-order chi connectivity index (χ1) is 10.2. The van der Waals surface area contributed by atoms with E-state index in [1.165, 1.54) is 6.42 Å². The van der Waals surface area contributed by atoms with E-state index in [0.29, 0.717) is 18.9 Å². The summed E-state index contributed by atoms with van der Waals surface area (Å²) in [6, 6.07) is 0. The third-order valence-corrected chi connectivity index (χ3v) is 4.62. The van der Waals surface area contributed by atoms with Crippen molar-refractivity contribution in [2.45, 2.75) is 45.4 Å². The molecule has 6 heteroatoms. The molecule has 0 bridgehead atoms. The zero-order valence-corrected chi connectivity index (χ0v) is 14.4. The second-order valence-corrected chi connectivity index (χ2v) is 6.37. The molecule has 128 valence electrons. The van der Waals surface area contributed by atoms with Gasteiger partial charge in [0.25, 0.3) is 0 Å². The summed E-state index contributed by atoms with van der Waals surface area (Å²) in [5, 5.41) is 6.41. The van der Waals surface area contributed by atoms with Crippen LogP contribution >= 0.6 is 12.4 Å². The van der Waals surface area contributed by atoms with Gasteiger partial charge in [-0.2, -0.15) is 0 Å². The first-order valence-corrected chi connectivity index (χ1v) is 8.47. The van der Waals surface area contributed by atoms with Crippen molar-refractivity contribution in [3.63, 3.8) is 0 Å². The van der Waals surface area contributed by atoms with Crippen LogP contribution in [0.15, 0.2) is 0 Å². The highest BCUT2D eigenvalue weighted by Gasteiger charge is 2.27. The zero-order chi connectivity index (χ0) is 15.1. The number of amides is 2. The number of nitrogens with one attached hydrogen (secondary N) is 2. The first kappa shape index (κ1) is 19.2. The average Bonchev–Trinajstić information content (AvgIpc) is 3.01. The first-order valence-electron chi connectivity index (χ1n) is 8.47. The van der Waals surface area contributed by atoms with E-state index in [1.54, 1.807) is 0 Å². The Labute approximate surface area is 140 Å². The number of carbonyl (C=O) groups excluding carboxylic acids is 2. The number of hydrogen-bond acceptors (Lipinski definition) is 3. The largest absolute Gasteiger partial charge is 0.356 e. The number of likely N-dealkylation sites (tertiary alicyclic amines) is 1. The number of piperidine rings is 1. The summed E-state index contributed by atoms with van der Waals surface area (Å²) in [7, 11) is 0. The molecule has 2 fully saturated rings. The molecule has 2 unspecified atom stereocenters. The highest BCUT2D eigenvalue weighted by molar-refractivity contribution is 5.85. The topological polar surface area (TPSA) is 61.4 Å². The van der Waals surface area contributed by atoms with Crippen molar-refractivity contribution in [2.24, 2.45) is 11.8 Å². The van der Waals surface area contributed by atoms with Crippen LogP contribution in [0.2, 0.25) is 0 Å². The molecule has 2 saturated heterocycles. The van der Waals surface area contributed by atoms with Crippen LogP contribution in [-0.4, -0.2) is 49.4 Å². The van der Waals surface area contributed by atoms with E-state index in [1.807, 2.05) is 11.8 Å². The third kappa shape index (κ3) is 5.76. The molecule has 5 nitrogen and oxygen atoms in total. The Morgan fingerprint density at radius 3 is 2.82 bits per heavy atom. The van der Waals surface area contributed by atoms with Crippen molar-refractivity contribution >= 4 is 24.2 Å². The SMILES string of the molecule is CCCC(=O)N1CCCC(C(=O)NCCC2CCNC2)C1.Cl. The Kier molecular flexibility index (Phi) is 8.79. The summed E-state index contributed by atoms with van der Waals surface area (Å²) < 4.78 is 0. The highest BCUT2D eigenvalue weighted by Crippen LogP contribution is 2.18. The van der Waals surface area contributed by atoms with Crippen LogP contribution in [0.4, 0.5) is 0 Å². The van der Waals surface area contributed by atoms with Crippen molar-refractivity contribution in [3.8, 4) is 0 Å². The number of hydrogen-bond donors (Lipinski definition) is 2. The summed E-state index contributed by atoms with van der Waals surface area (Å²) in [5.41, 5.74) is 0. The third-order valence-electron chi connectivity index (χ3n) is 4.62. The predicted molar refractivity (Wildman–Crippen MR) is 90.1 cm³/mol. The molecule has 2 atom stereocenters. The minimum absolute atomic E-state index is 0. The van der Waals surface area contributed by atoms with Crippen molar-refractivity contribution in [1.29, 1.82) is 0 Å². The number of halogens is 1. The van der Waals surface area contributed by atoms with Crippen molar-refractivity contribution in [1.82, 2.24) is 15.5 Å². The van der Waals surface area contributed by atoms with E-state index in [9.17, 15) is 9.59 Å². The lowest BCUT2D eigenvalue weighted by molar-refractivity contribution is -0.135. The molecule has 2 aliphatic heterocycles. The Bertz CT molecular complexity index is 359. The quantitative estimate of drug-likeness (QED) is 0.776. The Morgan fingerprint density at radius 2 is 2.14 bits per heavy atom. The van der Waals surface area contributed by atoms with Crippen molar-refractivity contribution < 1.29 is 9.59 Å². The molecular formula is C16H30ClN3O2. The molecule has 0 aromatic carbocycles. The molecule has 0 radical (unpaired) electrons. The van der Waals surface area contributed by atoms with Gasteiger partial charge in [-0.25, -0.2) is 0 Å². The molecule has 2 amide bonds. The van der Waals surface area contributed by atoms with Gasteiger partial charge in [0.05, 0.1) is 5.92 Å². The number of carbonyl (C=O) groups is 2. The molecule has 2 heterocycles. The van der Waals surface area contributed by atoms with E-state index >= 15 is 0 Å². The van der Waals surface area contributed by atoms with E-state index in [0.717, 1.165) is 51.9 Å². The molecule has 0 aromatic rings. The van der Waals surface area contributed by atoms with Gasteiger partial charge in [-0.05, 0) is 51.1 Å². The van der Waals surface area contributed by atoms with Gasteiger partial charge >= 0.3 is 0 Å². The normalized spacial score (nSPS) is 24.7. The van der Waals surface area contributed by atoms with E-state index in [4.69, 9.17) is 0 Å². The van der Waals surface area contributed by atoms with E-state index in [2.05, 4.69) is 10.6 Å². The number of nitrogens with zero attached hydrogens (tertiary/aromatic N) is 1. The number of rotatable bonds is 6. The molecule has 2 N–H and O–H groups in total. The molecule has 0 saturated carbocycles. The minimum atomic E-state index is -0.0127. The molecular weight excluding hydrogens is 302 g/mol. The molecule has 22 heavy (non-hydrogen) atoms. The maximum absolute atomic E-state index is 12.2.